The quantitative estimate of drug-likeness (QED) is 0.303. The number of carbonyl (C=O) groups is 1. The van der Waals surface area contributed by atoms with Crippen molar-refractivity contribution in [3.8, 4) is 0 Å². The van der Waals surface area contributed by atoms with Gasteiger partial charge in [-0.2, -0.15) is 0 Å². The molecule has 0 saturated carbocycles. The van der Waals surface area contributed by atoms with Gasteiger partial charge in [-0.25, -0.2) is 0 Å². The van der Waals surface area contributed by atoms with Gasteiger partial charge in [0, 0.05) is 13.1 Å². The van der Waals surface area contributed by atoms with Crippen LogP contribution in [0.1, 0.15) is 27.2 Å². The largest absolute Gasteiger partial charge is 0.409 e. The summed E-state index contributed by atoms with van der Waals surface area (Å²) >= 11 is 0. The van der Waals surface area contributed by atoms with E-state index in [0.29, 0.717) is 0 Å². The maximum atomic E-state index is 11.7. The fourth-order valence-corrected chi connectivity index (χ4v) is 1.01. The molecule has 5 nitrogen and oxygen atoms in total. The lowest BCUT2D eigenvalue weighted by molar-refractivity contribution is -0.133. The number of hydrogen-bond donors (Lipinski definition) is 2. The smallest absolute Gasteiger partial charge is 0.233 e. The van der Waals surface area contributed by atoms with Crippen molar-refractivity contribution >= 4 is 11.7 Å². The zero-order chi connectivity index (χ0) is 11.3. The van der Waals surface area contributed by atoms with E-state index < -0.39 is 5.92 Å². The highest BCUT2D eigenvalue weighted by Crippen LogP contribution is 2.07. The standard InChI is InChI=1S/C9H19N3O2/c1-5-6(2)12(4)9(13)7(3)8(10)11-14/h6-7,14H,5H2,1-4H3,(H2,10,11). The Bertz CT molecular complexity index is 228. The number of nitrogens with zero attached hydrogens (tertiary/aromatic N) is 2. The molecule has 0 radical (unpaired) electrons. The van der Waals surface area contributed by atoms with Gasteiger partial charge in [-0.3, -0.25) is 4.79 Å². The third kappa shape index (κ3) is 2.90. The number of oxime groups is 1. The number of hydrogen-bond acceptors (Lipinski definition) is 3. The van der Waals surface area contributed by atoms with Gasteiger partial charge in [0.2, 0.25) is 5.91 Å². The Morgan fingerprint density at radius 2 is 2.07 bits per heavy atom. The van der Waals surface area contributed by atoms with Crippen molar-refractivity contribution in [2.75, 3.05) is 7.05 Å². The van der Waals surface area contributed by atoms with E-state index in [9.17, 15) is 4.79 Å². The highest BCUT2D eigenvalue weighted by atomic mass is 16.4. The Morgan fingerprint density at radius 1 is 1.57 bits per heavy atom. The van der Waals surface area contributed by atoms with Crippen LogP contribution in [-0.4, -0.2) is 34.9 Å². The number of amidine groups is 1. The predicted octanol–water partition coefficient (Wildman–Crippen LogP) is 0.626. The molecule has 3 N–H and O–H groups in total. The monoisotopic (exact) mass is 201 g/mol. The van der Waals surface area contributed by atoms with Gasteiger partial charge < -0.3 is 15.8 Å². The summed E-state index contributed by atoms with van der Waals surface area (Å²) in [6, 6.07) is 0.163. The van der Waals surface area contributed by atoms with E-state index in [1.807, 2.05) is 13.8 Å². The summed E-state index contributed by atoms with van der Waals surface area (Å²) in [7, 11) is 1.72. The summed E-state index contributed by atoms with van der Waals surface area (Å²) in [6.45, 7) is 5.58. The molecule has 0 aliphatic heterocycles. The zero-order valence-corrected chi connectivity index (χ0v) is 9.19. The molecule has 14 heavy (non-hydrogen) atoms. The number of amides is 1. The first-order valence-electron chi connectivity index (χ1n) is 4.69. The minimum absolute atomic E-state index is 0.0508. The van der Waals surface area contributed by atoms with Crippen molar-refractivity contribution in [3.05, 3.63) is 0 Å². The van der Waals surface area contributed by atoms with Gasteiger partial charge in [0.25, 0.3) is 0 Å². The average Bonchev–Trinajstić information content (AvgIpc) is 2.23. The lowest BCUT2D eigenvalue weighted by atomic mass is 10.1. The molecule has 2 atom stereocenters. The summed E-state index contributed by atoms with van der Waals surface area (Å²) in [5, 5.41) is 11.2. The highest BCUT2D eigenvalue weighted by molar-refractivity contribution is 6.01. The molecule has 0 aliphatic rings. The molecule has 0 bridgehead atoms. The van der Waals surface area contributed by atoms with Gasteiger partial charge in [-0.1, -0.05) is 12.1 Å². The number of carbonyl (C=O) groups excluding carboxylic acids is 1. The molecule has 0 heterocycles. The van der Waals surface area contributed by atoms with Crippen molar-refractivity contribution < 1.29 is 10.0 Å². The molecular weight excluding hydrogens is 182 g/mol. The summed E-state index contributed by atoms with van der Waals surface area (Å²) in [4.78, 5) is 13.3. The summed E-state index contributed by atoms with van der Waals surface area (Å²) < 4.78 is 0. The van der Waals surface area contributed by atoms with Crippen molar-refractivity contribution in [2.45, 2.75) is 33.2 Å². The SMILES string of the molecule is CCC(C)N(C)C(=O)C(C)C(N)=NO. The van der Waals surface area contributed by atoms with Crippen LogP contribution in [0.2, 0.25) is 0 Å². The molecule has 1 amide bonds. The van der Waals surface area contributed by atoms with Gasteiger partial charge in [-0.15, -0.1) is 0 Å². The Hall–Kier alpha value is -1.26. The second kappa shape index (κ2) is 5.47. The Morgan fingerprint density at radius 3 is 2.43 bits per heavy atom. The minimum atomic E-state index is -0.570. The van der Waals surface area contributed by atoms with Crippen LogP contribution in [0.4, 0.5) is 0 Å². The Kier molecular flexibility index (Phi) is 4.97. The van der Waals surface area contributed by atoms with Crippen molar-refractivity contribution in [3.63, 3.8) is 0 Å². The van der Waals surface area contributed by atoms with E-state index in [0.717, 1.165) is 6.42 Å². The second-order valence-electron chi connectivity index (χ2n) is 3.45. The first-order valence-corrected chi connectivity index (χ1v) is 4.69. The lowest BCUT2D eigenvalue weighted by Crippen LogP contribution is -2.42. The van der Waals surface area contributed by atoms with Crippen LogP contribution in [0, 0.1) is 5.92 Å². The van der Waals surface area contributed by atoms with Crippen LogP contribution >= 0.6 is 0 Å². The molecule has 0 fully saturated rings. The molecule has 0 aliphatic carbocycles. The van der Waals surface area contributed by atoms with Crippen LogP contribution in [0.5, 0.6) is 0 Å². The second-order valence-corrected chi connectivity index (χ2v) is 3.45. The van der Waals surface area contributed by atoms with E-state index in [1.54, 1.807) is 18.9 Å². The van der Waals surface area contributed by atoms with Gasteiger partial charge in [0.15, 0.2) is 5.84 Å². The van der Waals surface area contributed by atoms with E-state index in [1.165, 1.54) is 0 Å². The van der Waals surface area contributed by atoms with Crippen LogP contribution in [0.3, 0.4) is 0 Å². The van der Waals surface area contributed by atoms with Crippen LogP contribution in [-0.2, 0) is 4.79 Å². The molecule has 0 spiro atoms. The summed E-state index contributed by atoms with van der Waals surface area (Å²) in [5.74, 6) is -0.751. The first kappa shape index (κ1) is 12.7. The Balaban J connectivity index is 4.47. The average molecular weight is 201 g/mol. The lowest BCUT2D eigenvalue weighted by Gasteiger charge is -2.26. The Labute approximate surface area is 84.6 Å². The van der Waals surface area contributed by atoms with E-state index in [2.05, 4.69) is 5.16 Å². The first-order chi connectivity index (χ1) is 6.45. The molecule has 0 aromatic rings. The number of rotatable bonds is 4. The summed E-state index contributed by atoms with van der Waals surface area (Å²) in [5.41, 5.74) is 5.35. The van der Waals surface area contributed by atoms with E-state index in [4.69, 9.17) is 10.9 Å². The topological polar surface area (TPSA) is 78.9 Å². The van der Waals surface area contributed by atoms with Crippen molar-refractivity contribution in [1.82, 2.24) is 4.90 Å². The maximum Gasteiger partial charge on any atom is 0.233 e. The molecular formula is C9H19N3O2. The van der Waals surface area contributed by atoms with Gasteiger partial charge in [0.05, 0.1) is 5.92 Å². The van der Waals surface area contributed by atoms with E-state index in [-0.39, 0.29) is 17.8 Å². The van der Waals surface area contributed by atoms with Gasteiger partial charge in [-0.05, 0) is 20.3 Å². The normalized spacial score (nSPS) is 16.1. The third-order valence-corrected chi connectivity index (χ3v) is 2.53. The molecule has 0 rings (SSSR count). The highest BCUT2D eigenvalue weighted by Gasteiger charge is 2.23. The van der Waals surface area contributed by atoms with Gasteiger partial charge in [0.1, 0.15) is 0 Å². The number of nitrogens with two attached hydrogens (primary N) is 1. The van der Waals surface area contributed by atoms with Crippen LogP contribution in [0.25, 0.3) is 0 Å². The van der Waals surface area contributed by atoms with Crippen LogP contribution in [0.15, 0.2) is 5.16 Å². The maximum absolute atomic E-state index is 11.7. The molecule has 82 valence electrons. The summed E-state index contributed by atoms with van der Waals surface area (Å²) in [6.07, 6.45) is 0.880. The van der Waals surface area contributed by atoms with E-state index >= 15 is 0 Å². The van der Waals surface area contributed by atoms with Gasteiger partial charge >= 0.3 is 0 Å². The molecule has 5 heteroatoms. The minimum Gasteiger partial charge on any atom is -0.409 e. The van der Waals surface area contributed by atoms with Crippen molar-refractivity contribution in [2.24, 2.45) is 16.8 Å². The fraction of sp³-hybridized carbons (Fsp3) is 0.778. The predicted molar refractivity (Wildman–Crippen MR) is 55.1 cm³/mol. The van der Waals surface area contributed by atoms with Crippen molar-refractivity contribution in [1.29, 1.82) is 0 Å². The fourth-order valence-electron chi connectivity index (χ4n) is 1.01. The van der Waals surface area contributed by atoms with Crippen LogP contribution < -0.4 is 5.73 Å². The third-order valence-electron chi connectivity index (χ3n) is 2.53. The molecule has 0 aromatic heterocycles. The molecule has 2 unspecified atom stereocenters. The molecule has 0 saturated heterocycles. The zero-order valence-electron chi connectivity index (χ0n) is 9.19. The molecule has 0 aromatic carbocycles.